The smallest absolute Gasteiger partial charge is 0.280 e. The number of nitriles is 1. The zero-order valence-corrected chi connectivity index (χ0v) is 26.1. The molecule has 0 spiro atoms. The topological polar surface area (TPSA) is 106 Å². The highest BCUT2D eigenvalue weighted by molar-refractivity contribution is 6.30. The van der Waals surface area contributed by atoms with Crippen LogP contribution in [-0.2, 0) is 11.3 Å². The van der Waals surface area contributed by atoms with E-state index in [-0.39, 0.29) is 34.8 Å². The first-order valence-electron chi connectivity index (χ1n) is 14.6. The number of carbonyl (C=O) groups is 2. The van der Waals surface area contributed by atoms with Gasteiger partial charge in [-0.1, -0.05) is 58.4 Å². The molecule has 9 heteroatoms. The highest BCUT2D eigenvalue weighted by atomic mass is 35.5. The first-order valence-corrected chi connectivity index (χ1v) is 15.0. The van der Waals surface area contributed by atoms with Gasteiger partial charge in [-0.3, -0.25) is 9.59 Å². The summed E-state index contributed by atoms with van der Waals surface area (Å²) < 4.78 is 2.04. The van der Waals surface area contributed by atoms with Gasteiger partial charge in [-0.2, -0.15) is 10.3 Å². The standard InChI is InChI=1S/C33H41ClN6O2/c1-21(2)16-25(18-35)31(42)39-15-7-8-27(20-39)40-29-14-9-23(19-36-22(3)33(4,5)6)17-28(29)37-32(40)38-30(41)24-10-12-26(34)13-11-24/h9-14,16-17,21-22,27,36H,7-8,15,19-20H2,1-6H3,(H,37,38,41)/b25-16+/t22-,27?/m0/s1. The summed E-state index contributed by atoms with van der Waals surface area (Å²) in [7, 11) is 0. The van der Waals surface area contributed by atoms with Crippen LogP contribution in [0.2, 0.25) is 5.02 Å². The van der Waals surface area contributed by atoms with Crippen LogP contribution < -0.4 is 10.9 Å². The molecule has 2 atom stereocenters. The quantitative estimate of drug-likeness (QED) is 0.255. The molecule has 222 valence electrons. The number of hydrogen-bond acceptors (Lipinski definition) is 4. The van der Waals surface area contributed by atoms with Crippen LogP contribution in [0.25, 0.3) is 11.0 Å². The Morgan fingerprint density at radius 2 is 1.90 bits per heavy atom. The molecule has 1 aromatic heterocycles. The lowest BCUT2D eigenvalue weighted by atomic mass is 9.88. The van der Waals surface area contributed by atoms with E-state index < -0.39 is 0 Å². The molecule has 0 aliphatic carbocycles. The minimum Gasteiger partial charge on any atom is -0.336 e. The number of fused-ring (bicyclic) bond motifs is 1. The van der Waals surface area contributed by atoms with E-state index >= 15 is 0 Å². The number of carbonyl (C=O) groups excluding carboxylic acids is 2. The van der Waals surface area contributed by atoms with Crippen molar-refractivity contribution in [1.82, 2.24) is 19.8 Å². The Bertz CT molecular complexity index is 1580. The second-order valence-corrected chi connectivity index (χ2v) is 13.0. The van der Waals surface area contributed by atoms with Crippen LogP contribution in [0, 0.1) is 22.7 Å². The van der Waals surface area contributed by atoms with E-state index in [0.29, 0.717) is 41.9 Å². The zero-order chi connectivity index (χ0) is 30.6. The number of benzene rings is 2. The van der Waals surface area contributed by atoms with Crippen molar-refractivity contribution >= 4 is 34.4 Å². The normalized spacial score (nSPS) is 17.5. The summed E-state index contributed by atoms with van der Waals surface area (Å²) in [5.74, 6) is -0.553. The molecule has 2 aromatic carbocycles. The number of likely N-dealkylation sites (tertiary alicyclic amines) is 1. The van der Waals surface area contributed by atoms with Crippen molar-refractivity contribution in [1.29, 1.82) is 5.26 Å². The Labute approximate surface area is 253 Å². The molecule has 1 fully saturated rings. The van der Waals surface area contributed by atoms with Gasteiger partial charge in [0.15, 0.2) is 0 Å². The number of aromatic nitrogens is 2. The molecular formula is C33H41ClN6O2. The first kappa shape index (κ1) is 31.3. The second kappa shape index (κ2) is 13.1. The fourth-order valence-electron chi connectivity index (χ4n) is 5.09. The van der Waals surface area contributed by atoms with Crippen molar-refractivity contribution in [3.8, 4) is 6.07 Å². The fourth-order valence-corrected chi connectivity index (χ4v) is 5.22. The van der Waals surface area contributed by atoms with Gasteiger partial charge in [-0.15, -0.1) is 0 Å². The SMILES string of the molecule is CC(C)/C=C(\C#N)C(=O)N1CCCC(n2/c(=N\C(=O)c3ccc(Cl)cc3)[nH]c3cc(CN[C@@H](C)C(C)(C)C)ccc32)C1. The molecule has 8 nitrogen and oxygen atoms in total. The van der Waals surface area contributed by atoms with E-state index in [9.17, 15) is 14.9 Å². The maximum atomic E-state index is 13.3. The van der Waals surface area contributed by atoms with Gasteiger partial charge in [-0.05, 0) is 73.1 Å². The molecule has 42 heavy (non-hydrogen) atoms. The monoisotopic (exact) mass is 588 g/mol. The van der Waals surface area contributed by atoms with E-state index in [0.717, 1.165) is 29.4 Å². The first-order chi connectivity index (χ1) is 19.9. The molecular weight excluding hydrogens is 548 g/mol. The molecule has 0 radical (unpaired) electrons. The number of allylic oxidation sites excluding steroid dienone is 1. The number of H-pyrrole nitrogens is 1. The Balaban J connectivity index is 1.74. The predicted molar refractivity (Wildman–Crippen MR) is 167 cm³/mol. The van der Waals surface area contributed by atoms with Crippen LogP contribution in [-0.4, -0.2) is 45.4 Å². The van der Waals surface area contributed by atoms with Gasteiger partial charge in [0.1, 0.15) is 11.6 Å². The fraction of sp³-hybridized carbons (Fsp3) is 0.455. The molecule has 2 heterocycles. The second-order valence-electron chi connectivity index (χ2n) is 12.5. The van der Waals surface area contributed by atoms with E-state index in [1.54, 1.807) is 35.2 Å². The van der Waals surface area contributed by atoms with Gasteiger partial charge in [0.25, 0.3) is 11.8 Å². The Hall–Kier alpha value is -3.67. The molecule has 4 rings (SSSR count). The third kappa shape index (κ3) is 7.39. The highest BCUT2D eigenvalue weighted by Gasteiger charge is 2.29. The van der Waals surface area contributed by atoms with Gasteiger partial charge in [0.05, 0.1) is 17.1 Å². The molecule has 3 aromatic rings. The zero-order valence-electron chi connectivity index (χ0n) is 25.4. The van der Waals surface area contributed by atoms with Crippen molar-refractivity contribution in [3.63, 3.8) is 0 Å². The van der Waals surface area contributed by atoms with Crippen LogP contribution in [0.5, 0.6) is 0 Å². The number of halogens is 1. The molecule has 2 amide bonds. The van der Waals surface area contributed by atoms with Gasteiger partial charge in [0.2, 0.25) is 5.62 Å². The largest absolute Gasteiger partial charge is 0.336 e. The van der Waals surface area contributed by atoms with Crippen LogP contribution in [0.15, 0.2) is 59.1 Å². The number of nitrogens with one attached hydrogen (secondary N) is 2. The van der Waals surface area contributed by atoms with E-state index in [1.807, 2.05) is 18.4 Å². The Kier molecular flexibility index (Phi) is 9.75. The number of amides is 2. The van der Waals surface area contributed by atoms with Gasteiger partial charge >= 0.3 is 0 Å². The molecule has 0 saturated carbocycles. The molecule has 0 bridgehead atoms. The van der Waals surface area contributed by atoms with Gasteiger partial charge < -0.3 is 19.8 Å². The number of rotatable bonds is 7. The predicted octanol–water partition coefficient (Wildman–Crippen LogP) is 6.16. The van der Waals surface area contributed by atoms with Crippen molar-refractivity contribution < 1.29 is 9.59 Å². The summed E-state index contributed by atoms with van der Waals surface area (Å²) in [4.78, 5) is 36.1. The Morgan fingerprint density at radius 1 is 1.19 bits per heavy atom. The van der Waals surface area contributed by atoms with Crippen LogP contribution in [0.3, 0.4) is 0 Å². The van der Waals surface area contributed by atoms with Crippen LogP contribution in [0.4, 0.5) is 0 Å². The molecule has 1 saturated heterocycles. The number of aromatic amines is 1. The van der Waals surface area contributed by atoms with E-state index in [1.165, 1.54) is 0 Å². The summed E-state index contributed by atoms with van der Waals surface area (Å²) in [5.41, 5.74) is 4.04. The van der Waals surface area contributed by atoms with Crippen molar-refractivity contribution in [2.75, 3.05) is 13.1 Å². The molecule has 1 aliphatic rings. The average molecular weight is 589 g/mol. The number of hydrogen-bond donors (Lipinski definition) is 2. The van der Waals surface area contributed by atoms with Crippen molar-refractivity contribution in [2.24, 2.45) is 16.3 Å². The average Bonchev–Trinajstić information content (AvgIpc) is 3.30. The summed E-state index contributed by atoms with van der Waals surface area (Å²) >= 11 is 6.03. The number of nitrogens with zero attached hydrogens (tertiary/aromatic N) is 4. The number of piperidine rings is 1. The van der Waals surface area contributed by atoms with E-state index in [4.69, 9.17) is 11.6 Å². The lowest BCUT2D eigenvalue weighted by Crippen LogP contribution is -2.43. The molecule has 2 N–H and O–H groups in total. The Morgan fingerprint density at radius 3 is 2.55 bits per heavy atom. The summed E-state index contributed by atoms with van der Waals surface area (Å²) in [6.07, 6.45) is 3.29. The van der Waals surface area contributed by atoms with Crippen LogP contribution >= 0.6 is 11.6 Å². The van der Waals surface area contributed by atoms with Crippen molar-refractivity contribution in [2.45, 2.75) is 73.0 Å². The third-order valence-electron chi connectivity index (χ3n) is 7.90. The highest BCUT2D eigenvalue weighted by Crippen LogP contribution is 2.26. The number of imidazole rings is 1. The summed E-state index contributed by atoms with van der Waals surface area (Å²) in [6, 6.07) is 15.2. The summed E-state index contributed by atoms with van der Waals surface area (Å²) in [5, 5.41) is 13.8. The molecule has 1 unspecified atom stereocenters. The lowest BCUT2D eigenvalue weighted by molar-refractivity contribution is -0.128. The summed E-state index contributed by atoms with van der Waals surface area (Å²) in [6.45, 7) is 14.4. The maximum Gasteiger partial charge on any atom is 0.280 e. The maximum absolute atomic E-state index is 13.3. The van der Waals surface area contributed by atoms with Crippen LogP contribution in [0.1, 0.15) is 76.3 Å². The van der Waals surface area contributed by atoms with E-state index in [2.05, 4.69) is 67.3 Å². The minimum atomic E-state index is -0.386. The van der Waals surface area contributed by atoms with Gasteiger partial charge in [0, 0.05) is 36.3 Å². The van der Waals surface area contributed by atoms with Crippen molar-refractivity contribution in [3.05, 3.63) is 75.9 Å². The molecule has 1 aliphatic heterocycles. The van der Waals surface area contributed by atoms with Gasteiger partial charge in [-0.25, -0.2) is 0 Å². The lowest BCUT2D eigenvalue weighted by Gasteiger charge is -2.33. The third-order valence-corrected chi connectivity index (χ3v) is 8.16. The minimum absolute atomic E-state index is 0.0894.